The lowest BCUT2D eigenvalue weighted by Crippen LogP contribution is -2.47. The Kier molecular flexibility index (Phi) is 5.58. The van der Waals surface area contributed by atoms with E-state index in [1.54, 1.807) is 37.3 Å². The van der Waals surface area contributed by atoms with Crippen molar-refractivity contribution in [1.29, 1.82) is 0 Å². The molecule has 0 aliphatic carbocycles. The minimum absolute atomic E-state index is 0.0406. The van der Waals surface area contributed by atoms with Gasteiger partial charge in [0.2, 0.25) is 5.60 Å². The van der Waals surface area contributed by atoms with Crippen molar-refractivity contribution in [3.8, 4) is 0 Å². The molecule has 33 heavy (non-hydrogen) atoms. The molecule has 4 aromatic rings. The molecule has 2 N–H and O–H groups in total. The molecule has 2 heterocycles. The molecule has 0 aliphatic heterocycles. The number of benzene rings is 2. The quantitative estimate of drug-likeness (QED) is 0.304. The SMILES string of the molecule is Cc1cc(NCC(O)(c2cn(Cc3ccccc3)c3cc([N+](=O)[O-])ccc23)C(F)(F)F)no1. The van der Waals surface area contributed by atoms with Crippen LogP contribution in [0.5, 0.6) is 0 Å². The Hall–Kier alpha value is -3.86. The van der Waals surface area contributed by atoms with E-state index in [4.69, 9.17) is 4.52 Å². The van der Waals surface area contributed by atoms with Crippen LogP contribution in [-0.4, -0.2) is 32.5 Å². The molecule has 2 aromatic heterocycles. The van der Waals surface area contributed by atoms with Gasteiger partial charge < -0.3 is 19.5 Å². The summed E-state index contributed by atoms with van der Waals surface area (Å²) in [7, 11) is 0. The molecule has 172 valence electrons. The number of nitrogens with zero attached hydrogens (tertiary/aromatic N) is 3. The smallest absolute Gasteiger partial charge is 0.375 e. The summed E-state index contributed by atoms with van der Waals surface area (Å²) in [5.74, 6) is 0.429. The van der Waals surface area contributed by atoms with Crippen molar-refractivity contribution in [2.24, 2.45) is 0 Å². The fourth-order valence-electron chi connectivity index (χ4n) is 3.65. The summed E-state index contributed by atoms with van der Waals surface area (Å²) in [5.41, 5.74) is -3.03. The van der Waals surface area contributed by atoms with Crippen LogP contribution < -0.4 is 5.32 Å². The van der Waals surface area contributed by atoms with Crippen LogP contribution in [0.1, 0.15) is 16.9 Å². The summed E-state index contributed by atoms with van der Waals surface area (Å²) in [6.07, 6.45) is -3.88. The van der Waals surface area contributed by atoms with Gasteiger partial charge in [-0.2, -0.15) is 13.2 Å². The van der Waals surface area contributed by atoms with Gasteiger partial charge in [-0.3, -0.25) is 10.1 Å². The molecule has 0 amide bonds. The lowest BCUT2D eigenvalue weighted by Gasteiger charge is -2.30. The van der Waals surface area contributed by atoms with Crippen molar-refractivity contribution in [3.05, 3.63) is 87.8 Å². The van der Waals surface area contributed by atoms with Gasteiger partial charge in [-0.05, 0) is 18.6 Å². The predicted octanol–water partition coefficient (Wildman–Crippen LogP) is 4.76. The molecule has 1 unspecified atom stereocenters. The van der Waals surface area contributed by atoms with Gasteiger partial charge in [0.05, 0.1) is 17.0 Å². The van der Waals surface area contributed by atoms with Crippen LogP contribution in [-0.2, 0) is 12.1 Å². The first-order valence-corrected chi connectivity index (χ1v) is 9.86. The molecule has 0 saturated heterocycles. The van der Waals surface area contributed by atoms with Gasteiger partial charge in [-0.25, -0.2) is 0 Å². The summed E-state index contributed by atoms with van der Waals surface area (Å²) in [5, 5.41) is 28.4. The van der Waals surface area contributed by atoms with E-state index in [1.807, 2.05) is 0 Å². The van der Waals surface area contributed by atoms with Crippen molar-refractivity contribution in [2.75, 3.05) is 11.9 Å². The summed E-state index contributed by atoms with van der Waals surface area (Å²) in [6.45, 7) is 0.796. The fraction of sp³-hybridized carbons (Fsp3) is 0.227. The van der Waals surface area contributed by atoms with Crippen LogP contribution in [0, 0.1) is 17.0 Å². The lowest BCUT2D eigenvalue weighted by molar-refractivity contribution is -0.384. The van der Waals surface area contributed by atoms with E-state index < -0.39 is 28.8 Å². The number of alkyl halides is 3. The third kappa shape index (κ3) is 4.27. The third-order valence-electron chi connectivity index (χ3n) is 5.34. The lowest BCUT2D eigenvalue weighted by atomic mass is 9.92. The molecule has 0 radical (unpaired) electrons. The number of hydrogen-bond acceptors (Lipinski definition) is 6. The number of aromatic nitrogens is 2. The number of hydrogen-bond donors (Lipinski definition) is 2. The molecular formula is C22H19F3N4O4. The van der Waals surface area contributed by atoms with Gasteiger partial charge in [0.15, 0.2) is 5.82 Å². The molecule has 0 bridgehead atoms. The maximum Gasteiger partial charge on any atom is 0.423 e. The second-order valence-electron chi connectivity index (χ2n) is 7.65. The van der Waals surface area contributed by atoms with E-state index in [0.29, 0.717) is 5.76 Å². The largest absolute Gasteiger partial charge is 0.423 e. The number of aryl methyl sites for hydroxylation is 1. The molecule has 0 spiro atoms. The second-order valence-corrected chi connectivity index (χ2v) is 7.65. The topological polar surface area (TPSA) is 106 Å². The van der Waals surface area contributed by atoms with Crippen molar-refractivity contribution < 1.29 is 27.7 Å². The van der Waals surface area contributed by atoms with Crippen LogP contribution in [0.4, 0.5) is 24.7 Å². The molecule has 8 nitrogen and oxygen atoms in total. The fourth-order valence-corrected chi connectivity index (χ4v) is 3.65. The molecular weight excluding hydrogens is 441 g/mol. The average Bonchev–Trinajstić information content (AvgIpc) is 3.35. The molecule has 0 fully saturated rings. The van der Waals surface area contributed by atoms with Crippen LogP contribution in [0.25, 0.3) is 10.9 Å². The first-order chi connectivity index (χ1) is 15.6. The highest BCUT2D eigenvalue weighted by molar-refractivity contribution is 5.87. The van der Waals surface area contributed by atoms with Gasteiger partial charge in [0.1, 0.15) is 5.76 Å². The van der Waals surface area contributed by atoms with E-state index in [9.17, 15) is 28.4 Å². The first-order valence-electron chi connectivity index (χ1n) is 9.86. The maximum atomic E-state index is 14.2. The van der Waals surface area contributed by atoms with Crippen LogP contribution in [0.15, 0.2) is 65.3 Å². The Morgan fingerprint density at radius 3 is 2.52 bits per heavy atom. The number of nitrogens with one attached hydrogen (secondary N) is 1. The monoisotopic (exact) mass is 460 g/mol. The van der Waals surface area contributed by atoms with Crippen molar-refractivity contribution in [2.45, 2.75) is 25.2 Å². The Bertz CT molecular complexity index is 1300. The molecule has 4 rings (SSSR count). The first kappa shape index (κ1) is 22.3. The zero-order valence-electron chi connectivity index (χ0n) is 17.3. The third-order valence-corrected chi connectivity index (χ3v) is 5.34. The van der Waals surface area contributed by atoms with E-state index in [2.05, 4.69) is 10.5 Å². The molecule has 1 atom stereocenters. The number of aliphatic hydroxyl groups is 1. The highest BCUT2D eigenvalue weighted by atomic mass is 19.4. The highest BCUT2D eigenvalue weighted by Gasteiger charge is 2.56. The van der Waals surface area contributed by atoms with Gasteiger partial charge in [-0.15, -0.1) is 0 Å². The minimum Gasteiger partial charge on any atom is -0.375 e. The summed E-state index contributed by atoms with van der Waals surface area (Å²) in [4.78, 5) is 10.7. The second kappa shape index (κ2) is 8.24. The van der Waals surface area contributed by atoms with Gasteiger partial charge >= 0.3 is 6.18 Å². The van der Waals surface area contributed by atoms with Gasteiger partial charge in [0.25, 0.3) is 5.69 Å². The van der Waals surface area contributed by atoms with Crippen molar-refractivity contribution in [1.82, 2.24) is 9.72 Å². The summed E-state index contributed by atoms with van der Waals surface area (Å²) >= 11 is 0. The van der Waals surface area contributed by atoms with Crippen molar-refractivity contribution >= 4 is 22.4 Å². The van der Waals surface area contributed by atoms with E-state index in [1.165, 1.54) is 29.0 Å². The minimum atomic E-state index is -5.06. The van der Waals surface area contributed by atoms with Crippen LogP contribution in [0.2, 0.25) is 0 Å². The summed E-state index contributed by atoms with van der Waals surface area (Å²) in [6, 6.07) is 13.9. The zero-order chi connectivity index (χ0) is 23.8. The number of halogens is 3. The Balaban J connectivity index is 1.84. The molecule has 0 aliphatic rings. The predicted molar refractivity (Wildman–Crippen MR) is 114 cm³/mol. The van der Waals surface area contributed by atoms with E-state index in [0.717, 1.165) is 11.6 Å². The molecule has 0 saturated carbocycles. The number of nitro benzene ring substituents is 1. The number of non-ortho nitro benzene ring substituents is 1. The number of nitro groups is 1. The van der Waals surface area contributed by atoms with E-state index in [-0.39, 0.29) is 29.0 Å². The highest BCUT2D eigenvalue weighted by Crippen LogP contribution is 2.43. The maximum absolute atomic E-state index is 14.2. The average molecular weight is 460 g/mol. The van der Waals surface area contributed by atoms with Crippen molar-refractivity contribution in [3.63, 3.8) is 0 Å². The Morgan fingerprint density at radius 2 is 1.91 bits per heavy atom. The number of anilines is 1. The normalized spacial score (nSPS) is 13.7. The zero-order valence-corrected chi connectivity index (χ0v) is 17.3. The Labute approximate surface area is 185 Å². The molecule has 11 heteroatoms. The van der Waals surface area contributed by atoms with E-state index >= 15 is 0 Å². The molecule has 2 aromatic carbocycles. The Morgan fingerprint density at radius 1 is 1.18 bits per heavy atom. The number of fused-ring (bicyclic) bond motifs is 1. The van der Waals surface area contributed by atoms with Gasteiger partial charge in [-0.1, -0.05) is 35.5 Å². The summed E-state index contributed by atoms with van der Waals surface area (Å²) < 4.78 is 49.0. The standard InChI is InChI=1S/C22H19F3N4O4/c1-14-9-20(27-33-14)26-13-21(30,22(23,24)25)18-12-28(11-15-5-3-2-4-6-15)19-10-16(29(31)32)7-8-17(18)19/h2-10,12,30H,11,13H2,1H3,(H,26,27). The van der Waals surface area contributed by atoms with Crippen LogP contribution in [0.3, 0.4) is 0 Å². The van der Waals surface area contributed by atoms with Crippen LogP contribution >= 0.6 is 0 Å². The van der Waals surface area contributed by atoms with Gasteiger partial charge in [0, 0.05) is 41.9 Å². The number of rotatable bonds is 7.